The molecule has 0 aliphatic heterocycles. The molecule has 1 aromatic carbocycles. The summed E-state index contributed by atoms with van der Waals surface area (Å²) in [6.45, 7) is 4.88. The van der Waals surface area contributed by atoms with Crippen LogP contribution in [0, 0.1) is 48.9 Å². The first-order chi connectivity index (χ1) is 10.8. The smallest absolute Gasteiger partial charge is 0.119 e. The lowest BCUT2D eigenvalue weighted by molar-refractivity contribution is 0.270. The zero-order valence-corrected chi connectivity index (χ0v) is 13.6. The average Bonchev–Trinajstić information content (AvgIpc) is 2.54. The molecule has 1 aromatic rings. The largest absolute Gasteiger partial charge is 0.492 e. The summed E-state index contributed by atoms with van der Waals surface area (Å²) < 4.78 is 5.85. The van der Waals surface area contributed by atoms with E-state index in [2.05, 4.69) is 55.6 Å². The van der Waals surface area contributed by atoms with Crippen LogP contribution in [0.5, 0.6) is 5.75 Å². The van der Waals surface area contributed by atoms with Crippen LogP contribution in [0.15, 0.2) is 24.3 Å². The van der Waals surface area contributed by atoms with Crippen LogP contribution in [-0.2, 0) is 0 Å². The quantitative estimate of drug-likeness (QED) is 0.390. The predicted molar refractivity (Wildman–Crippen MR) is 110 cm³/mol. The molecule has 0 N–H and O–H groups in total. The monoisotopic (exact) mass is 308 g/mol. The minimum absolute atomic E-state index is 0. The highest BCUT2D eigenvalue weighted by atomic mass is 16.5. The van der Waals surface area contributed by atoms with Crippen LogP contribution in [0.25, 0.3) is 0 Å². The average molecular weight is 309 g/mol. The van der Waals surface area contributed by atoms with E-state index in [1.165, 1.54) is 31.2 Å². The maximum absolute atomic E-state index is 5.85. The Bertz CT molecular complexity index is 606. The van der Waals surface area contributed by atoms with Crippen molar-refractivity contribution in [1.29, 1.82) is 0 Å². The van der Waals surface area contributed by atoms with E-state index >= 15 is 0 Å². The van der Waals surface area contributed by atoms with Crippen molar-refractivity contribution in [3.8, 4) is 41.8 Å². The molecule has 0 aromatic heterocycles. The summed E-state index contributed by atoms with van der Waals surface area (Å²) in [4.78, 5) is 0. The summed E-state index contributed by atoms with van der Waals surface area (Å²) in [6.07, 6.45) is 11.1. The van der Waals surface area contributed by atoms with E-state index in [0.29, 0.717) is 6.61 Å². The fourth-order valence-electron chi connectivity index (χ4n) is 2.05. The second-order valence-electron chi connectivity index (χ2n) is 5.33. The highest BCUT2D eigenvalue weighted by Gasteiger charge is 2.06. The third kappa shape index (κ3) is 8.09. The SMILES string of the molecule is C#CC#CC#CC(CCCCCC)COc1ccc(C)cc1.[HH].[HH].[HH].[HH].[HH].[HH].[HH].[HH]. The summed E-state index contributed by atoms with van der Waals surface area (Å²) >= 11 is 0. The second kappa shape index (κ2) is 11.4. The number of hydrogen-bond donors (Lipinski definition) is 0. The molecule has 0 amide bonds. The van der Waals surface area contributed by atoms with Gasteiger partial charge in [-0.15, -0.1) is 6.42 Å². The highest BCUT2D eigenvalue weighted by molar-refractivity contribution is 5.34. The number of ether oxygens (including phenoxy) is 1. The number of benzene rings is 1. The third-order valence-corrected chi connectivity index (χ3v) is 3.35. The van der Waals surface area contributed by atoms with Gasteiger partial charge in [-0.2, -0.15) is 0 Å². The van der Waals surface area contributed by atoms with E-state index < -0.39 is 0 Å². The van der Waals surface area contributed by atoms with Crippen molar-refractivity contribution in [3.63, 3.8) is 0 Å². The van der Waals surface area contributed by atoms with Crippen molar-refractivity contribution in [1.82, 2.24) is 0 Å². The molecule has 0 aliphatic rings. The second-order valence-corrected chi connectivity index (χ2v) is 5.33. The van der Waals surface area contributed by atoms with Gasteiger partial charge in [-0.05, 0) is 49.2 Å². The van der Waals surface area contributed by atoms with E-state index in [4.69, 9.17) is 11.2 Å². The maximum atomic E-state index is 5.85. The normalized spacial score (nSPS) is 10.4. The molecule has 1 nitrogen and oxygen atoms in total. The molecule has 0 saturated heterocycles. The van der Waals surface area contributed by atoms with Gasteiger partial charge in [0.25, 0.3) is 0 Å². The van der Waals surface area contributed by atoms with Gasteiger partial charge in [0.2, 0.25) is 0 Å². The molecule has 0 saturated carbocycles. The van der Waals surface area contributed by atoms with Crippen molar-refractivity contribution >= 4 is 0 Å². The molecular weight excluding hydrogens is 268 g/mol. The van der Waals surface area contributed by atoms with Crippen LogP contribution < -0.4 is 4.74 Å². The van der Waals surface area contributed by atoms with E-state index in [1.54, 1.807) is 0 Å². The molecular formula is C21H40O. The zero-order valence-electron chi connectivity index (χ0n) is 13.6. The van der Waals surface area contributed by atoms with Crippen molar-refractivity contribution < 1.29 is 16.1 Å². The van der Waals surface area contributed by atoms with Crippen LogP contribution >= 0.6 is 0 Å². The summed E-state index contributed by atoms with van der Waals surface area (Å²) in [6, 6.07) is 8.09. The first kappa shape index (κ1) is 17.8. The number of aryl methyl sites for hydroxylation is 1. The standard InChI is InChI=1S/C21H24O.8H2/c1-4-6-8-10-12-20(13-11-9-7-5-2)18-22-21-16-14-19(3)15-17-21;;;;;;;;/h1,14-17,20H,5,7,9,11,13,18H2,2-3H3;8*1H. The number of hydrogen-bond acceptors (Lipinski definition) is 1. The first-order valence-corrected chi connectivity index (χ1v) is 7.92. The number of rotatable bonds is 8. The number of unbranched alkanes of at least 4 members (excludes halogenated alkanes) is 3. The van der Waals surface area contributed by atoms with Gasteiger partial charge >= 0.3 is 0 Å². The molecule has 0 fully saturated rings. The Balaban J connectivity index is -0.000000101. The van der Waals surface area contributed by atoms with Crippen LogP contribution in [-0.4, -0.2) is 6.61 Å². The number of terminal acetylenes is 1. The van der Waals surface area contributed by atoms with Crippen molar-refractivity contribution in [3.05, 3.63) is 29.8 Å². The van der Waals surface area contributed by atoms with Gasteiger partial charge in [-0.25, -0.2) is 0 Å². The Labute approximate surface area is 147 Å². The minimum atomic E-state index is 0. The predicted octanol–water partition coefficient (Wildman–Crippen LogP) is 6.57. The highest BCUT2D eigenvalue weighted by Crippen LogP contribution is 2.15. The fraction of sp³-hybridized carbons (Fsp3) is 0.429. The van der Waals surface area contributed by atoms with Gasteiger partial charge in [-0.3, -0.25) is 0 Å². The Hall–Kier alpha value is -2.30. The van der Waals surface area contributed by atoms with Crippen molar-refractivity contribution in [2.75, 3.05) is 6.61 Å². The molecule has 1 atom stereocenters. The van der Waals surface area contributed by atoms with Crippen LogP contribution in [0.4, 0.5) is 0 Å². The van der Waals surface area contributed by atoms with Gasteiger partial charge in [0.1, 0.15) is 12.4 Å². The molecule has 0 spiro atoms. The molecule has 1 unspecified atom stereocenters. The van der Waals surface area contributed by atoms with Crippen molar-refractivity contribution in [2.24, 2.45) is 5.92 Å². The zero-order chi connectivity index (χ0) is 16.0. The molecule has 1 rings (SSSR count). The van der Waals surface area contributed by atoms with Gasteiger partial charge in [0.05, 0.1) is 5.92 Å². The lowest BCUT2D eigenvalue weighted by atomic mass is 10.0. The van der Waals surface area contributed by atoms with Gasteiger partial charge < -0.3 is 4.74 Å². The van der Waals surface area contributed by atoms with Gasteiger partial charge in [0, 0.05) is 11.4 Å². The van der Waals surface area contributed by atoms with E-state index in [9.17, 15) is 0 Å². The van der Waals surface area contributed by atoms with Crippen molar-refractivity contribution in [2.45, 2.75) is 46.0 Å². The molecule has 22 heavy (non-hydrogen) atoms. The summed E-state index contributed by atoms with van der Waals surface area (Å²) in [7, 11) is 0. The van der Waals surface area contributed by atoms with E-state index in [-0.39, 0.29) is 17.3 Å². The summed E-state index contributed by atoms with van der Waals surface area (Å²) in [5.74, 6) is 14.6. The third-order valence-electron chi connectivity index (χ3n) is 3.35. The topological polar surface area (TPSA) is 9.23 Å². The Morgan fingerprint density at radius 1 is 1.09 bits per heavy atom. The lowest BCUT2D eigenvalue weighted by Gasteiger charge is -2.12. The lowest BCUT2D eigenvalue weighted by Crippen LogP contribution is -2.10. The van der Waals surface area contributed by atoms with Crippen LogP contribution in [0.3, 0.4) is 0 Å². The van der Waals surface area contributed by atoms with E-state index in [1.807, 2.05) is 12.1 Å². The Morgan fingerprint density at radius 2 is 1.86 bits per heavy atom. The molecule has 0 bridgehead atoms. The fourth-order valence-corrected chi connectivity index (χ4v) is 2.05. The van der Waals surface area contributed by atoms with Crippen LogP contribution in [0.2, 0.25) is 0 Å². The minimum Gasteiger partial charge on any atom is -0.492 e. The van der Waals surface area contributed by atoms with E-state index in [0.717, 1.165) is 12.2 Å². The Morgan fingerprint density at radius 3 is 2.55 bits per heavy atom. The maximum Gasteiger partial charge on any atom is 0.119 e. The molecule has 130 valence electrons. The molecule has 0 radical (unpaired) electrons. The summed E-state index contributed by atoms with van der Waals surface area (Å²) in [5, 5.41) is 0. The van der Waals surface area contributed by atoms with Crippen LogP contribution in [0.1, 0.15) is 56.0 Å². The van der Waals surface area contributed by atoms with Gasteiger partial charge in [-0.1, -0.05) is 56.2 Å². The molecule has 0 heterocycles. The summed E-state index contributed by atoms with van der Waals surface area (Å²) in [5.41, 5.74) is 1.23. The first-order valence-electron chi connectivity index (χ1n) is 7.92. The Kier molecular flexibility index (Phi) is 9.17. The molecule has 1 heteroatoms. The molecule has 0 aliphatic carbocycles. The van der Waals surface area contributed by atoms with Gasteiger partial charge in [0.15, 0.2) is 0 Å².